The van der Waals surface area contributed by atoms with E-state index >= 15 is 0 Å². The lowest BCUT2D eigenvalue weighted by molar-refractivity contribution is 0.0341. The Balaban J connectivity index is 1.32. The van der Waals surface area contributed by atoms with Crippen LogP contribution in [0.25, 0.3) is 0 Å². The first-order valence-electron chi connectivity index (χ1n) is 10.3. The monoisotopic (exact) mass is 396 g/mol. The molecule has 1 aliphatic heterocycles. The van der Waals surface area contributed by atoms with Gasteiger partial charge in [-0.25, -0.2) is 4.39 Å². The smallest absolute Gasteiger partial charge is 0.191 e. The Morgan fingerprint density at radius 2 is 1.83 bits per heavy atom. The summed E-state index contributed by atoms with van der Waals surface area (Å²) in [4.78, 5) is 6.78. The van der Waals surface area contributed by atoms with Crippen molar-refractivity contribution in [2.24, 2.45) is 4.99 Å². The van der Waals surface area contributed by atoms with Gasteiger partial charge in [0.15, 0.2) is 5.96 Å². The van der Waals surface area contributed by atoms with Crippen LogP contribution in [0.2, 0.25) is 0 Å². The Labute approximate surface area is 172 Å². The highest BCUT2D eigenvalue weighted by atomic mass is 19.1. The van der Waals surface area contributed by atoms with Crippen LogP contribution in [0.1, 0.15) is 29.0 Å². The minimum absolute atomic E-state index is 0.123. The maximum atomic E-state index is 14.0. The van der Waals surface area contributed by atoms with Crippen LogP contribution in [-0.2, 0) is 17.8 Å². The molecule has 1 saturated heterocycles. The van der Waals surface area contributed by atoms with Gasteiger partial charge >= 0.3 is 0 Å². The van der Waals surface area contributed by atoms with Crippen LogP contribution in [0, 0.1) is 5.82 Å². The highest BCUT2D eigenvalue weighted by Gasteiger charge is 2.40. The first-order valence-corrected chi connectivity index (χ1v) is 10.3. The zero-order chi connectivity index (χ0) is 20.1. The van der Waals surface area contributed by atoms with Crippen LogP contribution in [0.15, 0.2) is 53.5 Å². The molecule has 2 atom stereocenters. The van der Waals surface area contributed by atoms with Crippen LogP contribution in [0.5, 0.6) is 0 Å². The molecule has 154 valence electrons. The number of aliphatic imine (C=N–C) groups is 1. The van der Waals surface area contributed by atoms with Crippen LogP contribution >= 0.6 is 0 Å². The third-order valence-corrected chi connectivity index (χ3v) is 5.70. The maximum Gasteiger partial charge on any atom is 0.191 e. The van der Waals surface area contributed by atoms with E-state index < -0.39 is 0 Å². The standard InChI is InChI=1S/C23H29FN4O/c1-25-23(27-22-14-20(22)19-8-4-5-9-21(19)24)26-15-17-6-2-3-7-18(17)16-28-10-12-29-13-11-28/h2-9,20,22H,10-16H2,1H3,(H2,25,26,27). The number of rotatable bonds is 6. The van der Waals surface area contributed by atoms with Gasteiger partial charge in [-0.05, 0) is 29.2 Å². The van der Waals surface area contributed by atoms with Crippen LogP contribution < -0.4 is 10.6 Å². The van der Waals surface area contributed by atoms with Crippen LogP contribution in [0.3, 0.4) is 0 Å². The molecule has 0 amide bonds. The lowest BCUT2D eigenvalue weighted by Crippen LogP contribution is -2.39. The molecule has 2 aliphatic rings. The second-order valence-corrected chi connectivity index (χ2v) is 7.70. The van der Waals surface area contributed by atoms with Gasteiger partial charge in [0, 0.05) is 45.2 Å². The van der Waals surface area contributed by atoms with Crippen LogP contribution in [-0.4, -0.2) is 50.3 Å². The number of hydrogen-bond acceptors (Lipinski definition) is 3. The molecular weight excluding hydrogens is 367 g/mol. The first-order chi connectivity index (χ1) is 14.2. The molecule has 0 radical (unpaired) electrons. The van der Waals surface area contributed by atoms with Crippen molar-refractivity contribution in [1.29, 1.82) is 0 Å². The Morgan fingerprint density at radius 1 is 1.10 bits per heavy atom. The number of morpholine rings is 1. The fourth-order valence-electron chi connectivity index (χ4n) is 3.91. The predicted molar refractivity (Wildman–Crippen MR) is 113 cm³/mol. The molecule has 4 rings (SSSR count). The van der Waals surface area contributed by atoms with Crippen molar-refractivity contribution < 1.29 is 9.13 Å². The SMILES string of the molecule is CN=C(NCc1ccccc1CN1CCOCC1)NC1CC1c1ccccc1F. The molecule has 0 aromatic heterocycles. The minimum Gasteiger partial charge on any atom is -0.379 e. The second kappa shape index (κ2) is 9.37. The third kappa shape index (κ3) is 5.14. The summed E-state index contributed by atoms with van der Waals surface area (Å²) in [6, 6.07) is 15.8. The summed E-state index contributed by atoms with van der Waals surface area (Å²) in [7, 11) is 1.77. The van der Waals surface area contributed by atoms with Crippen molar-refractivity contribution in [2.75, 3.05) is 33.4 Å². The number of halogens is 1. The largest absolute Gasteiger partial charge is 0.379 e. The summed E-state index contributed by atoms with van der Waals surface area (Å²) in [5, 5.41) is 6.86. The van der Waals surface area contributed by atoms with E-state index in [0.717, 1.165) is 50.8 Å². The molecule has 0 spiro atoms. The Kier molecular flexibility index (Phi) is 6.42. The Bertz CT molecular complexity index is 850. The van der Waals surface area contributed by atoms with E-state index in [1.54, 1.807) is 13.1 Å². The van der Waals surface area contributed by atoms with E-state index in [4.69, 9.17) is 4.74 Å². The fourth-order valence-corrected chi connectivity index (χ4v) is 3.91. The molecule has 1 aliphatic carbocycles. The second-order valence-electron chi connectivity index (χ2n) is 7.70. The van der Waals surface area contributed by atoms with Crippen molar-refractivity contribution in [3.05, 3.63) is 71.0 Å². The van der Waals surface area contributed by atoms with Crippen molar-refractivity contribution in [2.45, 2.75) is 31.5 Å². The van der Waals surface area contributed by atoms with E-state index in [9.17, 15) is 4.39 Å². The van der Waals surface area contributed by atoms with Crippen molar-refractivity contribution in [3.8, 4) is 0 Å². The Hall–Kier alpha value is -2.44. The topological polar surface area (TPSA) is 48.9 Å². The van der Waals surface area contributed by atoms with E-state index in [2.05, 4.69) is 44.8 Å². The van der Waals surface area contributed by atoms with Gasteiger partial charge < -0.3 is 15.4 Å². The zero-order valence-corrected chi connectivity index (χ0v) is 16.9. The summed E-state index contributed by atoms with van der Waals surface area (Å²) < 4.78 is 19.4. The average Bonchev–Trinajstić information content (AvgIpc) is 3.52. The Morgan fingerprint density at radius 3 is 2.59 bits per heavy atom. The van der Waals surface area contributed by atoms with Gasteiger partial charge in [-0.1, -0.05) is 42.5 Å². The van der Waals surface area contributed by atoms with Crippen LogP contribution in [0.4, 0.5) is 4.39 Å². The lowest BCUT2D eigenvalue weighted by Gasteiger charge is -2.27. The molecule has 2 aromatic rings. The van der Waals surface area contributed by atoms with Crippen molar-refractivity contribution >= 4 is 5.96 Å². The van der Waals surface area contributed by atoms with Gasteiger partial charge in [0.05, 0.1) is 13.2 Å². The molecular formula is C23H29FN4O. The van der Waals surface area contributed by atoms with E-state index in [1.807, 2.05) is 12.1 Å². The molecule has 29 heavy (non-hydrogen) atoms. The molecule has 2 fully saturated rings. The van der Waals surface area contributed by atoms with Gasteiger partial charge in [0.2, 0.25) is 0 Å². The highest BCUT2D eigenvalue weighted by Crippen LogP contribution is 2.41. The van der Waals surface area contributed by atoms with Gasteiger partial charge in [-0.2, -0.15) is 0 Å². The van der Waals surface area contributed by atoms with Crippen molar-refractivity contribution in [1.82, 2.24) is 15.5 Å². The molecule has 0 bridgehead atoms. The third-order valence-electron chi connectivity index (χ3n) is 5.70. The minimum atomic E-state index is -0.123. The van der Waals surface area contributed by atoms with Gasteiger partial charge in [0.1, 0.15) is 5.82 Å². The number of guanidine groups is 1. The van der Waals surface area contributed by atoms with Crippen molar-refractivity contribution in [3.63, 3.8) is 0 Å². The maximum absolute atomic E-state index is 14.0. The first kappa shape index (κ1) is 19.9. The number of benzene rings is 2. The zero-order valence-electron chi connectivity index (χ0n) is 16.9. The molecule has 1 heterocycles. The number of nitrogens with one attached hydrogen (secondary N) is 2. The molecule has 2 unspecified atom stereocenters. The van der Waals surface area contributed by atoms with E-state index in [1.165, 1.54) is 17.2 Å². The number of nitrogens with zero attached hydrogens (tertiary/aromatic N) is 2. The summed E-state index contributed by atoms with van der Waals surface area (Å²) in [6.07, 6.45) is 0.926. The molecule has 5 nitrogen and oxygen atoms in total. The quantitative estimate of drug-likeness (QED) is 0.582. The predicted octanol–water partition coefficient (Wildman–Crippen LogP) is 2.88. The van der Waals surface area contributed by atoms with Gasteiger partial charge in [-0.3, -0.25) is 9.89 Å². The fraction of sp³-hybridized carbons (Fsp3) is 0.435. The van der Waals surface area contributed by atoms with Gasteiger partial charge in [0.25, 0.3) is 0 Å². The summed E-state index contributed by atoms with van der Waals surface area (Å²) in [6.45, 7) is 5.21. The molecule has 2 N–H and O–H groups in total. The summed E-state index contributed by atoms with van der Waals surface area (Å²) in [5.41, 5.74) is 3.38. The lowest BCUT2D eigenvalue weighted by atomic mass is 10.1. The number of hydrogen-bond donors (Lipinski definition) is 2. The molecule has 2 aromatic carbocycles. The number of ether oxygens (including phenoxy) is 1. The average molecular weight is 397 g/mol. The molecule has 6 heteroatoms. The van der Waals surface area contributed by atoms with E-state index in [-0.39, 0.29) is 17.8 Å². The molecule has 1 saturated carbocycles. The normalized spacial score (nSPS) is 22.3. The summed E-state index contributed by atoms with van der Waals surface area (Å²) >= 11 is 0. The summed E-state index contributed by atoms with van der Waals surface area (Å²) in [5.74, 6) is 0.847. The van der Waals surface area contributed by atoms with E-state index in [0.29, 0.717) is 6.54 Å². The highest BCUT2D eigenvalue weighted by molar-refractivity contribution is 5.80. The van der Waals surface area contributed by atoms with Gasteiger partial charge in [-0.15, -0.1) is 0 Å².